The molecule has 4 N–H and O–H groups in total. The fourth-order valence-corrected chi connectivity index (χ4v) is 3.84. The van der Waals surface area contributed by atoms with E-state index < -0.39 is 22.8 Å². The van der Waals surface area contributed by atoms with Crippen molar-refractivity contribution in [1.29, 1.82) is 0 Å². The molecule has 2 unspecified atom stereocenters. The van der Waals surface area contributed by atoms with Gasteiger partial charge in [-0.05, 0) is 48.5 Å². The van der Waals surface area contributed by atoms with E-state index in [0.717, 1.165) is 0 Å². The molecule has 2 rings (SSSR count). The standard InChI is InChI=1S/C33H46N2O8/c1-7-38-19-32(5,23-42-29(36)25-9-13-27(34)14-10-25)21-40-17-31(3,4)18-41-22-33(6,20-39-8-2)24-43-30(37)26-11-15-28(35)16-12-26/h7-16H,1-2,17-24,34-35H2,3-6H3. The van der Waals surface area contributed by atoms with Gasteiger partial charge >= 0.3 is 11.9 Å². The molecule has 0 saturated carbocycles. The van der Waals surface area contributed by atoms with Gasteiger partial charge in [0, 0.05) is 16.8 Å². The second kappa shape index (κ2) is 16.6. The quantitative estimate of drug-likeness (QED) is 0.118. The molecule has 0 aliphatic heterocycles. The van der Waals surface area contributed by atoms with Gasteiger partial charge in [-0.25, -0.2) is 9.59 Å². The number of ether oxygens (including phenoxy) is 6. The van der Waals surface area contributed by atoms with Gasteiger partial charge in [-0.1, -0.05) is 40.9 Å². The number of esters is 2. The summed E-state index contributed by atoms with van der Waals surface area (Å²) < 4.78 is 34.2. The zero-order chi connectivity index (χ0) is 31.9. The van der Waals surface area contributed by atoms with Crippen molar-refractivity contribution in [1.82, 2.24) is 0 Å². The number of hydrogen-bond acceptors (Lipinski definition) is 10. The van der Waals surface area contributed by atoms with Crippen molar-refractivity contribution < 1.29 is 38.0 Å². The summed E-state index contributed by atoms with van der Waals surface area (Å²) in [6, 6.07) is 13.1. The van der Waals surface area contributed by atoms with Gasteiger partial charge < -0.3 is 39.9 Å². The monoisotopic (exact) mass is 598 g/mol. The van der Waals surface area contributed by atoms with E-state index in [0.29, 0.717) is 35.7 Å². The third kappa shape index (κ3) is 12.8. The third-order valence-corrected chi connectivity index (χ3v) is 6.38. The molecule has 0 fully saturated rings. The largest absolute Gasteiger partial charge is 0.501 e. The van der Waals surface area contributed by atoms with Gasteiger partial charge in [0.05, 0.1) is 74.1 Å². The van der Waals surface area contributed by atoms with Crippen molar-refractivity contribution in [3.8, 4) is 0 Å². The average Bonchev–Trinajstić information content (AvgIpc) is 2.97. The van der Waals surface area contributed by atoms with Gasteiger partial charge in [0.25, 0.3) is 0 Å². The Morgan fingerprint density at radius 2 is 0.953 bits per heavy atom. The molecule has 0 aliphatic rings. The van der Waals surface area contributed by atoms with Crippen molar-refractivity contribution >= 4 is 23.3 Å². The van der Waals surface area contributed by atoms with Gasteiger partial charge in [-0.2, -0.15) is 0 Å². The van der Waals surface area contributed by atoms with Gasteiger partial charge in [0.1, 0.15) is 13.2 Å². The molecule has 0 spiro atoms. The Hall–Kier alpha value is -4.02. The van der Waals surface area contributed by atoms with Crippen molar-refractivity contribution in [2.24, 2.45) is 16.2 Å². The lowest BCUT2D eigenvalue weighted by molar-refractivity contribution is -0.0786. The van der Waals surface area contributed by atoms with Gasteiger partial charge in [0.15, 0.2) is 0 Å². The van der Waals surface area contributed by atoms with E-state index in [1.165, 1.54) is 12.5 Å². The van der Waals surface area contributed by atoms with Gasteiger partial charge in [-0.3, -0.25) is 0 Å². The number of benzene rings is 2. The minimum Gasteiger partial charge on any atom is -0.501 e. The maximum Gasteiger partial charge on any atom is 0.338 e. The highest BCUT2D eigenvalue weighted by molar-refractivity contribution is 5.90. The van der Waals surface area contributed by atoms with Crippen LogP contribution in [0.2, 0.25) is 0 Å². The maximum atomic E-state index is 12.5. The zero-order valence-corrected chi connectivity index (χ0v) is 25.8. The molecule has 43 heavy (non-hydrogen) atoms. The van der Waals surface area contributed by atoms with E-state index in [4.69, 9.17) is 39.9 Å². The Labute approximate surface area is 254 Å². The first-order chi connectivity index (χ1) is 20.3. The Morgan fingerprint density at radius 1 is 0.605 bits per heavy atom. The van der Waals surface area contributed by atoms with Crippen molar-refractivity contribution in [2.45, 2.75) is 27.7 Å². The van der Waals surface area contributed by atoms with E-state index in [1.54, 1.807) is 48.5 Å². The second-order valence-corrected chi connectivity index (χ2v) is 12.1. The summed E-state index contributed by atoms with van der Waals surface area (Å²) in [4.78, 5) is 25.0. The Bertz CT molecular complexity index is 1090. The highest BCUT2D eigenvalue weighted by Gasteiger charge is 2.32. The maximum absolute atomic E-state index is 12.5. The van der Waals surface area contributed by atoms with Crippen LogP contribution in [0.15, 0.2) is 74.2 Å². The molecule has 0 saturated heterocycles. The molecule has 0 radical (unpaired) electrons. The van der Waals surface area contributed by atoms with E-state index in [-0.39, 0.29) is 45.1 Å². The molecular weight excluding hydrogens is 552 g/mol. The van der Waals surface area contributed by atoms with E-state index in [2.05, 4.69) is 13.2 Å². The number of rotatable bonds is 20. The average molecular weight is 599 g/mol. The Kier molecular flexibility index (Phi) is 13.6. The topological polar surface area (TPSA) is 142 Å². The molecule has 10 heteroatoms. The van der Waals surface area contributed by atoms with Crippen molar-refractivity contribution in [3.05, 3.63) is 85.3 Å². The summed E-state index contributed by atoms with van der Waals surface area (Å²) in [5.41, 5.74) is 11.7. The lowest BCUT2D eigenvalue weighted by atomic mass is 9.92. The minimum atomic E-state index is -0.621. The predicted octanol–water partition coefficient (Wildman–Crippen LogP) is 5.26. The van der Waals surface area contributed by atoms with E-state index >= 15 is 0 Å². The molecule has 0 bridgehead atoms. The highest BCUT2D eigenvalue weighted by atomic mass is 16.5. The number of nitrogen functional groups attached to an aromatic ring is 2. The second-order valence-electron chi connectivity index (χ2n) is 12.1. The van der Waals surface area contributed by atoms with Crippen LogP contribution in [-0.2, 0) is 28.4 Å². The summed E-state index contributed by atoms with van der Waals surface area (Å²) in [5, 5.41) is 0. The van der Waals surface area contributed by atoms with Gasteiger partial charge in [-0.15, -0.1) is 0 Å². The minimum absolute atomic E-state index is 0.0811. The molecule has 0 aromatic heterocycles. The van der Waals surface area contributed by atoms with Crippen LogP contribution in [0.25, 0.3) is 0 Å². The van der Waals surface area contributed by atoms with Crippen LogP contribution in [0.1, 0.15) is 48.4 Å². The number of hydrogen-bond donors (Lipinski definition) is 2. The lowest BCUT2D eigenvalue weighted by Gasteiger charge is -2.32. The zero-order valence-electron chi connectivity index (χ0n) is 25.8. The first kappa shape index (κ1) is 35.2. The summed E-state index contributed by atoms with van der Waals surface area (Å²) in [6.45, 7) is 17.0. The van der Waals surface area contributed by atoms with Crippen LogP contribution < -0.4 is 11.5 Å². The lowest BCUT2D eigenvalue weighted by Crippen LogP contribution is -2.38. The molecule has 2 aromatic carbocycles. The smallest absolute Gasteiger partial charge is 0.338 e. The molecule has 2 atom stereocenters. The summed E-state index contributed by atoms with van der Waals surface area (Å²) >= 11 is 0. The molecule has 0 amide bonds. The number of anilines is 2. The van der Waals surface area contributed by atoms with Crippen LogP contribution >= 0.6 is 0 Å². The molecule has 2 aromatic rings. The number of carbonyl (C=O) groups excluding carboxylic acids is 2. The third-order valence-electron chi connectivity index (χ3n) is 6.38. The van der Waals surface area contributed by atoms with Gasteiger partial charge in [0.2, 0.25) is 0 Å². The molecule has 0 aliphatic carbocycles. The summed E-state index contributed by atoms with van der Waals surface area (Å²) in [6.07, 6.45) is 2.69. The molecule has 236 valence electrons. The van der Waals surface area contributed by atoms with Crippen LogP contribution in [0.5, 0.6) is 0 Å². The van der Waals surface area contributed by atoms with Crippen LogP contribution in [0, 0.1) is 16.2 Å². The fraction of sp³-hybridized carbons (Fsp3) is 0.455. The Balaban J connectivity index is 1.87. The van der Waals surface area contributed by atoms with Crippen LogP contribution in [0.4, 0.5) is 11.4 Å². The normalized spacial score (nSPS) is 14.0. The SMILES string of the molecule is C=COCC(C)(COCC(C)(C)COCC(C)(COC=C)COC(=O)c1ccc(N)cc1)COC(=O)c1ccc(N)cc1. The highest BCUT2D eigenvalue weighted by Crippen LogP contribution is 2.25. The fourth-order valence-electron chi connectivity index (χ4n) is 3.84. The molecule has 10 nitrogen and oxygen atoms in total. The van der Waals surface area contributed by atoms with Crippen LogP contribution in [-0.4, -0.2) is 64.8 Å². The Morgan fingerprint density at radius 3 is 1.28 bits per heavy atom. The van der Waals surface area contributed by atoms with Crippen molar-refractivity contribution in [2.75, 3.05) is 64.3 Å². The van der Waals surface area contributed by atoms with E-state index in [9.17, 15) is 9.59 Å². The van der Waals surface area contributed by atoms with Crippen molar-refractivity contribution in [3.63, 3.8) is 0 Å². The molecule has 0 heterocycles. The number of carbonyl (C=O) groups is 2. The van der Waals surface area contributed by atoms with E-state index in [1.807, 2.05) is 27.7 Å². The molecular formula is C33H46N2O8. The number of nitrogens with two attached hydrogens (primary N) is 2. The first-order valence-corrected chi connectivity index (χ1v) is 14.0. The summed E-state index contributed by atoms with van der Waals surface area (Å²) in [5.74, 6) is -0.914. The first-order valence-electron chi connectivity index (χ1n) is 14.0. The van der Waals surface area contributed by atoms with Crippen LogP contribution in [0.3, 0.4) is 0 Å². The predicted molar refractivity (Wildman–Crippen MR) is 166 cm³/mol. The summed E-state index contributed by atoms with van der Waals surface area (Å²) in [7, 11) is 0.